The molecule has 2 fully saturated rings. The molecule has 2 heterocycles. The van der Waals surface area contributed by atoms with E-state index in [4.69, 9.17) is 9.52 Å². The molecule has 1 atom stereocenters. The lowest BCUT2D eigenvalue weighted by Crippen LogP contribution is -2.47. The van der Waals surface area contributed by atoms with Crippen LogP contribution in [0.5, 0.6) is 0 Å². The molecule has 26 heavy (non-hydrogen) atoms. The van der Waals surface area contributed by atoms with Gasteiger partial charge in [-0.25, -0.2) is 13.2 Å². The van der Waals surface area contributed by atoms with Crippen molar-refractivity contribution in [3.05, 3.63) is 17.9 Å². The number of nitrogens with one attached hydrogen (secondary N) is 1. The van der Waals surface area contributed by atoms with Gasteiger partial charge < -0.3 is 14.8 Å². The van der Waals surface area contributed by atoms with Crippen molar-refractivity contribution in [3.8, 4) is 0 Å². The van der Waals surface area contributed by atoms with Gasteiger partial charge in [0.15, 0.2) is 0 Å². The second-order valence-corrected chi connectivity index (χ2v) is 9.25. The van der Waals surface area contributed by atoms with E-state index in [-0.39, 0.29) is 17.9 Å². The summed E-state index contributed by atoms with van der Waals surface area (Å²) in [5.41, 5.74) is 0.134. The van der Waals surface area contributed by atoms with Crippen molar-refractivity contribution in [1.82, 2.24) is 9.62 Å². The molecule has 1 saturated carbocycles. The van der Waals surface area contributed by atoms with E-state index >= 15 is 0 Å². The Bertz CT molecular complexity index is 809. The molecule has 0 aromatic carbocycles. The van der Waals surface area contributed by atoms with Crippen LogP contribution in [0.3, 0.4) is 0 Å². The first kappa shape index (κ1) is 18.9. The van der Waals surface area contributed by atoms with Crippen molar-refractivity contribution < 1.29 is 27.5 Å². The molecule has 1 amide bonds. The third-order valence-electron chi connectivity index (χ3n) is 5.59. The third kappa shape index (κ3) is 3.37. The number of carboxylic acid groups (broad SMARTS) is 1. The number of aromatic carboxylic acids is 1. The van der Waals surface area contributed by atoms with Gasteiger partial charge in [0, 0.05) is 13.1 Å². The standard InChI is InChI=1S/C17H24N2O6S/c1-11(2)17(7-8-17)10-18-15(20)12-4-3-9-19(12)26(23,24)14-6-5-13(25-14)16(21)22/h5-6,11-12H,3-4,7-10H2,1-2H3,(H,18,20)(H,21,22). The van der Waals surface area contributed by atoms with Gasteiger partial charge in [0.05, 0.1) is 0 Å². The highest BCUT2D eigenvalue weighted by molar-refractivity contribution is 7.89. The van der Waals surface area contributed by atoms with Crippen molar-refractivity contribution in [3.63, 3.8) is 0 Å². The Morgan fingerprint density at radius 1 is 1.38 bits per heavy atom. The molecule has 1 aromatic heterocycles. The quantitative estimate of drug-likeness (QED) is 0.739. The highest BCUT2D eigenvalue weighted by Gasteiger charge is 2.47. The zero-order valence-electron chi connectivity index (χ0n) is 14.9. The van der Waals surface area contributed by atoms with Crippen LogP contribution in [0.15, 0.2) is 21.6 Å². The van der Waals surface area contributed by atoms with Crippen LogP contribution in [0.2, 0.25) is 0 Å². The van der Waals surface area contributed by atoms with E-state index in [0.29, 0.717) is 25.3 Å². The molecule has 144 valence electrons. The van der Waals surface area contributed by atoms with Crippen molar-refractivity contribution in [1.29, 1.82) is 0 Å². The normalized spacial score (nSPS) is 22.5. The van der Waals surface area contributed by atoms with Crippen molar-refractivity contribution in [2.45, 2.75) is 50.7 Å². The van der Waals surface area contributed by atoms with Crippen molar-refractivity contribution in [2.24, 2.45) is 11.3 Å². The number of amides is 1. The van der Waals surface area contributed by atoms with Crippen LogP contribution >= 0.6 is 0 Å². The average molecular weight is 384 g/mol. The summed E-state index contributed by atoms with van der Waals surface area (Å²) in [7, 11) is -4.06. The van der Waals surface area contributed by atoms with E-state index in [2.05, 4.69) is 19.2 Å². The number of carboxylic acids is 1. The summed E-state index contributed by atoms with van der Waals surface area (Å²) in [6.07, 6.45) is 3.15. The van der Waals surface area contributed by atoms with Gasteiger partial charge in [0.1, 0.15) is 6.04 Å². The summed E-state index contributed by atoms with van der Waals surface area (Å²) < 4.78 is 31.6. The Morgan fingerprint density at radius 3 is 2.62 bits per heavy atom. The maximum atomic E-state index is 12.8. The molecular formula is C17H24N2O6S. The van der Waals surface area contributed by atoms with Gasteiger partial charge in [0.25, 0.3) is 10.0 Å². The van der Waals surface area contributed by atoms with Gasteiger partial charge in [0.2, 0.25) is 16.8 Å². The largest absolute Gasteiger partial charge is 0.475 e. The van der Waals surface area contributed by atoms with E-state index in [1.807, 2.05) is 0 Å². The average Bonchev–Trinajstić information content (AvgIpc) is 3.02. The fourth-order valence-electron chi connectivity index (χ4n) is 3.48. The predicted octanol–water partition coefficient (Wildman–Crippen LogP) is 1.68. The fourth-order valence-corrected chi connectivity index (χ4v) is 5.05. The molecule has 0 bridgehead atoms. The van der Waals surface area contributed by atoms with Crippen LogP contribution in [0.1, 0.15) is 50.1 Å². The Kier molecular flexibility index (Phi) is 4.87. The summed E-state index contributed by atoms with van der Waals surface area (Å²) in [5.74, 6) is -1.63. The highest BCUT2D eigenvalue weighted by atomic mass is 32.2. The monoisotopic (exact) mass is 384 g/mol. The number of hydrogen-bond donors (Lipinski definition) is 2. The van der Waals surface area contributed by atoms with Crippen LogP contribution in [-0.4, -0.2) is 48.8 Å². The number of furan rings is 1. The van der Waals surface area contributed by atoms with Crippen LogP contribution in [-0.2, 0) is 14.8 Å². The van der Waals surface area contributed by atoms with Gasteiger partial charge in [-0.05, 0) is 49.1 Å². The lowest BCUT2D eigenvalue weighted by Gasteiger charge is -2.25. The molecule has 2 N–H and O–H groups in total. The molecule has 1 aliphatic carbocycles. The molecule has 2 aliphatic rings. The van der Waals surface area contributed by atoms with Gasteiger partial charge in [-0.15, -0.1) is 0 Å². The maximum absolute atomic E-state index is 12.8. The van der Waals surface area contributed by atoms with Gasteiger partial charge in [-0.1, -0.05) is 13.8 Å². The van der Waals surface area contributed by atoms with E-state index in [0.717, 1.165) is 29.3 Å². The van der Waals surface area contributed by atoms with Crippen LogP contribution in [0, 0.1) is 11.3 Å². The molecule has 1 aromatic rings. The highest BCUT2D eigenvalue weighted by Crippen LogP contribution is 2.51. The second-order valence-electron chi connectivity index (χ2n) is 7.43. The van der Waals surface area contributed by atoms with E-state index < -0.39 is 32.9 Å². The first-order valence-corrected chi connectivity index (χ1v) is 10.2. The van der Waals surface area contributed by atoms with Gasteiger partial charge >= 0.3 is 5.97 Å². The van der Waals surface area contributed by atoms with Gasteiger partial charge in [-0.2, -0.15) is 4.31 Å². The second kappa shape index (κ2) is 6.70. The topological polar surface area (TPSA) is 117 Å². The van der Waals surface area contributed by atoms with Crippen molar-refractivity contribution in [2.75, 3.05) is 13.1 Å². The molecule has 0 spiro atoms. The lowest BCUT2D eigenvalue weighted by molar-refractivity contribution is -0.124. The first-order chi connectivity index (χ1) is 12.2. The zero-order chi connectivity index (χ0) is 19.1. The molecule has 1 saturated heterocycles. The fraction of sp³-hybridized carbons (Fsp3) is 0.647. The first-order valence-electron chi connectivity index (χ1n) is 8.80. The maximum Gasteiger partial charge on any atom is 0.371 e. The van der Waals surface area contributed by atoms with Crippen molar-refractivity contribution >= 4 is 21.9 Å². The molecule has 3 rings (SSSR count). The smallest absolute Gasteiger partial charge is 0.371 e. The minimum absolute atomic E-state index is 0.134. The zero-order valence-corrected chi connectivity index (χ0v) is 15.7. The summed E-state index contributed by atoms with van der Waals surface area (Å²) >= 11 is 0. The Morgan fingerprint density at radius 2 is 2.08 bits per heavy atom. The summed E-state index contributed by atoms with van der Waals surface area (Å²) in [5, 5.41) is 11.4. The van der Waals surface area contributed by atoms with Gasteiger partial charge in [-0.3, -0.25) is 4.79 Å². The SMILES string of the molecule is CC(C)C1(CNC(=O)C2CCCN2S(=O)(=O)c2ccc(C(=O)O)o2)CC1. The van der Waals surface area contributed by atoms with E-state index in [9.17, 15) is 18.0 Å². The summed E-state index contributed by atoms with van der Waals surface area (Å²) in [6, 6.07) is 1.42. The molecule has 0 radical (unpaired) electrons. The third-order valence-corrected chi connectivity index (χ3v) is 7.38. The molecule has 1 aliphatic heterocycles. The number of nitrogens with zero attached hydrogens (tertiary/aromatic N) is 1. The predicted molar refractivity (Wildman–Crippen MR) is 92.1 cm³/mol. The molecule has 9 heteroatoms. The summed E-state index contributed by atoms with van der Waals surface area (Å²) in [6.45, 7) is 5.02. The van der Waals surface area contributed by atoms with Crippen LogP contribution in [0.25, 0.3) is 0 Å². The molecular weight excluding hydrogens is 360 g/mol. The lowest BCUT2D eigenvalue weighted by atomic mass is 9.92. The molecule has 8 nitrogen and oxygen atoms in total. The van der Waals surface area contributed by atoms with E-state index in [1.165, 1.54) is 0 Å². The number of carbonyl (C=O) groups is 2. The van der Waals surface area contributed by atoms with E-state index in [1.54, 1.807) is 0 Å². The Labute approximate surface area is 152 Å². The minimum atomic E-state index is -4.06. The molecule has 1 unspecified atom stereocenters. The Hall–Kier alpha value is -1.87. The minimum Gasteiger partial charge on any atom is -0.475 e. The Balaban J connectivity index is 1.72. The number of hydrogen-bond acceptors (Lipinski definition) is 5. The number of carbonyl (C=O) groups excluding carboxylic acids is 1. The van der Waals surface area contributed by atoms with Crippen LogP contribution in [0.4, 0.5) is 0 Å². The number of rotatable bonds is 7. The summed E-state index contributed by atoms with van der Waals surface area (Å²) in [4.78, 5) is 23.5. The van der Waals surface area contributed by atoms with Crippen LogP contribution < -0.4 is 5.32 Å². The number of sulfonamides is 1.